The van der Waals surface area contributed by atoms with Crippen LogP contribution in [0.5, 0.6) is 5.75 Å². The van der Waals surface area contributed by atoms with Crippen LogP contribution in [-0.4, -0.2) is 18.1 Å². The minimum atomic E-state index is -0.821. The summed E-state index contributed by atoms with van der Waals surface area (Å²) >= 11 is 11.8. The Balaban J connectivity index is 1.92. The lowest BCUT2D eigenvalue weighted by molar-refractivity contribution is -0.124. The Morgan fingerprint density at radius 3 is 2.85 bits per heavy atom. The molecular formula is C14H14Cl2N2O2. The quantitative estimate of drug-likeness (QED) is 0.908. The van der Waals surface area contributed by atoms with Crippen LogP contribution in [0.4, 0.5) is 0 Å². The number of nitrogens with zero attached hydrogens (tertiary/aromatic N) is 1. The number of carbonyl (C=O) groups excluding carboxylic acids is 1. The molecule has 0 spiro atoms. The van der Waals surface area contributed by atoms with Gasteiger partial charge in [-0.2, -0.15) is 5.26 Å². The van der Waals surface area contributed by atoms with Crippen molar-refractivity contribution in [1.29, 1.82) is 5.26 Å². The SMILES string of the molecule is CC(C#N)(NC(=O)COc1cc(Cl)ccc1Cl)C1CC1. The Bertz CT molecular complexity index is 567. The molecule has 0 aromatic heterocycles. The highest BCUT2D eigenvalue weighted by molar-refractivity contribution is 6.34. The molecule has 1 aliphatic rings. The summed E-state index contributed by atoms with van der Waals surface area (Å²) in [5.41, 5.74) is -0.821. The van der Waals surface area contributed by atoms with Gasteiger partial charge in [0.2, 0.25) is 0 Å². The molecule has 1 fully saturated rings. The molecule has 20 heavy (non-hydrogen) atoms. The van der Waals surface area contributed by atoms with Crippen molar-refractivity contribution < 1.29 is 9.53 Å². The van der Waals surface area contributed by atoms with E-state index in [1.54, 1.807) is 25.1 Å². The Morgan fingerprint density at radius 1 is 1.55 bits per heavy atom. The fourth-order valence-corrected chi connectivity index (χ4v) is 2.27. The van der Waals surface area contributed by atoms with Crippen LogP contribution in [0.2, 0.25) is 10.0 Å². The van der Waals surface area contributed by atoms with E-state index < -0.39 is 5.54 Å². The first-order chi connectivity index (χ1) is 9.44. The summed E-state index contributed by atoms with van der Waals surface area (Å²) in [4.78, 5) is 11.9. The molecule has 1 aliphatic carbocycles. The lowest BCUT2D eigenvalue weighted by atomic mass is 9.98. The first-order valence-corrected chi connectivity index (χ1v) is 7.00. The molecule has 1 aromatic rings. The maximum Gasteiger partial charge on any atom is 0.259 e. The molecule has 1 atom stereocenters. The molecule has 0 aliphatic heterocycles. The average Bonchev–Trinajstić information content (AvgIpc) is 3.24. The number of hydrogen-bond donors (Lipinski definition) is 1. The summed E-state index contributed by atoms with van der Waals surface area (Å²) < 4.78 is 5.33. The molecule has 1 aromatic carbocycles. The zero-order valence-corrected chi connectivity index (χ0v) is 12.5. The lowest BCUT2D eigenvalue weighted by Gasteiger charge is -2.22. The molecule has 106 valence electrons. The molecule has 0 heterocycles. The summed E-state index contributed by atoms with van der Waals surface area (Å²) in [5.74, 6) is 0.225. The van der Waals surface area contributed by atoms with E-state index in [2.05, 4.69) is 11.4 Å². The van der Waals surface area contributed by atoms with E-state index in [4.69, 9.17) is 33.2 Å². The summed E-state index contributed by atoms with van der Waals surface area (Å²) in [6, 6.07) is 6.93. The van der Waals surface area contributed by atoms with Gasteiger partial charge in [-0.3, -0.25) is 4.79 Å². The average molecular weight is 313 g/mol. The second-order valence-electron chi connectivity index (χ2n) is 5.00. The van der Waals surface area contributed by atoms with E-state index in [1.807, 2.05) is 0 Å². The highest BCUT2D eigenvalue weighted by atomic mass is 35.5. The normalized spacial score (nSPS) is 16.9. The summed E-state index contributed by atoms with van der Waals surface area (Å²) in [6.07, 6.45) is 1.93. The van der Waals surface area contributed by atoms with Gasteiger partial charge in [0.1, 0.15) is 11.3 Å². The Hall–Kier alpha value is -1.44. The minimum absolute atomic E-state index is 0.204. The molecule has 1 N–H and O–H groups in total. The van der Waals surface area contributed by atoms with Crippen LogP contribution < -0.4 is 10.1 Å². The van der Waals surface area contributed by atoms with E-state index in [-0.39, 0.29) is 18.4 Å². The number of halogens is 2. The Labute approximate surface area is 127 Å². The molecule has 6 heteroatoms. The van der Waals surface area contributed by atoms with Crippen LogP contribution in [0.3, 0.4) is 0 Å². The molecule has 1 unspecified atom stereocenters. The van der Waals surface area contributed by atoms with Crippen molar-refractivity contribution in [3.8, 4) is 11.8 Å². The third-order valence-corrected chi connectivity index (χ3v) is 3.82. The fourth-order valence-electron chi connectivity index (χ4n) is 1.94. The number of amides is 1. The first-order valence-electron chi connectivity index (χ1n) is 6.25. The predicted octanol–water partition coefficient (Wildman–Crippen LogP) is 3.18. The number of hydrogen-bond acceptors (Lipinski definition) is 3. The molecule has 2 rings (SSSR count). The summed E-state index contributed by atoms with van der Waals surface area (Å²) in [7, 11) is 0. The predicted molar refractivity (Wildman–Crippen MR) is 76.8 cm³/mol. The standard InChI is InChI=1S/C14H14Cl2N2O2/c1-14(8-17,9-2-3-9)18-13(19)7-20-12-6-10(15)4-5-11(12)16/h4-6,9H,2-3,7H2,1H3,(H,18,19). The topological polar surface area (TPSA) is 62.1 Å². The van der Waals surface area contributed by atoms with E-state index >= 15 is 0 Å². The van der Waals surface area contributed by atoms with E-state index in [9.17, 15) is 4.79 Å². The van der Waals surface area contributed by atoms with Gasteiger partial charge in [0, 0.05) is 11.1 Å². The van der Waals surface area contributed by atoms with Crippen molar-refractivity contribution in [3.63, 3.8) is 0 Å². The van der Waals surface area contributed by atoms with E-state index in [1.165, 1.54) is 0 Å². The number of ether oxygens (including phenoxy) is 1. The monoisotopic (exact) mass is 312 g/mol. The number of rotatable bonds is 5. The minimum Gasteiger partial charge on any atom is -0.482 e. The van der Waals surface area contributed by atoms with Crippen LogP contribution in [0.25, 0.3) is 0 Å². The largest absolute Gasteiger partial charge is 0.482 e. The summed E-state index contributed by atoms with van der Waals surface area (Å²) in [6.45, 7) is 1.53. The van der Waals surface area contributed by atoms with Crippen LogP contribution >= 0.6 is 23.2 Å². The highest BCUT2D eigenvalue weighted by Crippen LogP contribution is 2.39. The molecule has 0 radical (unpaired) electrons. The maximum atomic E-state index is 11.9. The van der Waals surface area contributed by atoms with Gasteiger partial charge < -0.3 is 10.1 Å². The van der Waals surface area contributed by atoms with Crippen molar-refractivity contribution in [1.82, 2.24) is 5.32 Å². The number of nitrogens with one attached hydrogen (secondary N) is 1. The molecule has 0 bridgehead atoms. The molecule has 4 nitrogen and oxygen atoms in total. The third kappa shape index (κ3) is 3.56. The van der Waals surface area contributed by atoms with Crippen LogP contribution in [0, 0.1) is 17.2 Å². The number of benzene rings is 1. The first kappa shape index (κ1) is 15.0. The van der Waals surface area contributed by atoms with Gasteiger partial charge in [-0.15, -0.1) is 0 Å². The van der Waals surface area contributed by atoms with Crippen LogP contribution in [0.1, 0.15) is 19.8 Å². The Kier molecular flexibility index (Phi) is 4.42. The third-order valence-electron chi connectivity index (χ3n) is 3.28. The molecular weight excluding hydrogens is 299 g/mol. The Morgan fingerprint density at radius 2 is 2.25 bits per heavy atom. The maximum absolute atomic E-state index is 11.9. The second-order valence-corrected chi connectivity index (χ2v) is 5.84. The van der Waals surface area contributed by atoms with Crippen molar-refractivity contribution in [2.45, 2.75) is 25.3 Å². The van der Waals surface area contributed by atoms with Crippen molar-refractivity contribution in [2.24, 2.45) is 5.92 Å². The zero-order chi connectivity index (χ0) is 14.8. The van der Waals surface area contributed by atoms with Crippen molar-refractivity contribution in [3.05, 3.63) is 28.2 Å². The molecule has 0 saturated heterocycles. The zero-order valence-electron chi connectivity index (χ0n) is 11.0. The van der Waals surface area contributed by atoms with Crippen LogP contribution in [-0.2, 0) is 4.79 Å². The van der Waals surface area contributed by atoms with Gasteiger partial charge in [-0.1, -0.05) is 23.2 Å². The number of carbonyl (C=O) groups is 1. The number of nitriles is 1. The van der Waals surface area contributed by atoms with Crippen molar-refractivity contribution >= 4 is 29.1 Å². The van der Waals surface area contributed by atoms with Gasteiger partial charge in [-0.05, 0) is 37.8 Å². The van der Waals surface area contributed by atoms with Crippen molar-refractivity contribution in [2.75, 3.05) is 6.61 Å². The van der Waals surface area contributed by atoms with E-state index in [0.717, 1.165) is 12.8 Å². The summed E-state index contributed by atoms with van der Waals surface area (Å²) in [5, 5.41) is 12.7. The van der Waals surface area contributed by atoms with E-state index in [0.29, 0.717) is 15.8 Å². The highest BCUT2D eigenvalue weighted by Gasteiger charge is 2.43. The van der Waals surface area contributed by atoms with Gasteiger partial charge in [0.15, 0.2) is 6.61 Å². The smallest absolute Gasteiger partial charge is 0.259 e. The van der Waals surface area contributed by atoms with Crippen LogP contribution in [0.15, 0.2) is 18.2 Å². The van der Waals surface area contributed by atoms with Gasteiger partial charge in [-0.25, -0.2) is 0 Å². The molecule has 1 amide bonds. The fraction of sp³-hybridized carbons (Fsp3) is 0.429. The second kappa shape index (κ2) is 5.90. The van der Waals surface area contributed by atoms with Gasteiger partial charge in [0.25, 0.3) is 5.91 Å². The molecule has 1 saturated carbocycles. The lowest BCUT2D eigenvalue weighted by Crippen LogP contribution is -2.48. The van der Waals surface area contributed by atoms with Gasteiger partial charge in [0.05, 0.1) is 11.1 Å². The van der Waals surface area contributed by atoms with Gasteiger partial charge >= 0.3 is 0 Å².